The van der Waals surface area contributed by atoms with Crippen LogP contribution in [-0.2, 0) is 7.05 Å². The van der Waals surface area contributed by atoms with Crippen molar-refractivity contribution in [3.8, 4) is 0 Å². The van der Waals surface area contributed by atoms with E-state index in [9.17, 15) is 0 Å². The van der Waals surface area contributed by atoms with Gasteiger partial charge in [-0.25, -0.2) is 4.98 Å². The molecule has 0 bridgehead atoms. The Balaban J connectivity index is 1.81. The van der Waals surface area contributed by atoms with Gasteiger partial charge in [0, 0.05) is 26.0 Å². The van der Waals surface area contributed by atoms with E-state index in [1.54, 1.807) is 0 Å². The number of aromatic nitrogens is 2. The molecule has 90 valence electrons. The average Bonchev–Trinajstić information content (AvgIpc) is 2.76. The number of imidazole rings is 1. The molecule has 0 radical (unpaired) electrons. The van der Waals surface area contributed by atoms with Crippen LogP contribution in [0.1, 0.15) is 24.8 Å². The van der Waals surface area contributed by atoms with Gasteiger partial charge in [-0.05, 0) is 17.9 Å². The zero-order chi connectivity index (χ0) is 12.1. The molecule has 2 aromatic rings. The fourth-order valence-electron chi connectivity index (χ4n) is 1.88. The fourth-order valence-corrected chi connectivity index (χ4v) is 1.88. The van der Waals surface area contributed by atoms with Crippen LogP contribution in [0.5, 0.6) is 0 Å². The minimum absolute atomic E-state index is 0.573. The molecule has 1 atom stereocenters. The van der Waals surface area contributed by atoms with Crippen LogP contribution in [0.3, 0.4) is 0 Å². The molecule has 17 heavy (non-hydrogen) atoms. The van der Waals surface area contributed by atoms with E-state index in [2.05, 4.69) is 47.6 Å². The standard InChI is InChI=1S/C14H19N3/c1-12(13-6-4-3-5-7-13)8-9-15-14-16-10-11-17(14)2/h3-7,10-12H,8-9H2,1-2H3,(H,15,16). The predicted octanol–water partition coefficient (Wildman–Crippen LogP) is 3.03. The van der Waals surface area contributed by atoms with Crippen molar-refractivity contribution in [2.45, 2.75) is 19.3 Å². The number of benzene rings is 1. The largest absolute Gasteiger partial charge is 0.356 e. The summed E-state index contributed by atoms with van der Waals surface area (Å²) in [5.41, 5.74) is 1.40. The number of hydrogen-bond donors (Lipinski definition) is 1. The first-order valence-electron chi connectivity index (χ1n) is 6.03. The topological polar surface area (TPSA) is 29.9 Å². The Hall–Kier alpha value is -1.77. The van der Waals surface area contributed by atoms with Gasteiger partial charge in [0.2, 0.25) is 5.95 Å². The maximum Gasteiger partial charge on any atom is 0.202 e. The molecule has 0 aliphatic rings. The summed E-state index contributed by atoms with van der Waals surface area (Å²) in [6.07, 6.45) is 4.86. The number of rotatable bonds is 5. The lowest BCUT2D eigenvalue weighted by Crippen LogP contribution is -2.09. The number of anilines is 1. The van der Waals surface area contributed by atoms with Gasteiger partial charge in [0.05, 0.1) is 0 Å². The van der Waals surface area contributed by atoms with E-state index in [0.717, 1.165) is 18.9 Å². The highest BCUT2D eigenvalue weighted by molar-refractivity contribution is 5.25. The van der Waals surface area contributed by atoms with Crippen LogP contribution in [0, 0.1) is 0 Å². The van der Waals surface area contributed by atoms with Gasteiger partial charge in [-0.15, -0.1) is 0 Å². The molecule has 0 aliphatic heterocycles. The molecule has 0 saturated heterocycles. The molecule has 0 saturated carbocycles. The molecule has 1 aromatic heterocycles. The molecule has 1 aromatic carbocycles. The van der Waals surface area contributed by atoms with Crippen LogP contribution in [-0.4, -0.2) is 16.1 Å². The van der Waals surface area contributed by atoms with E-state index in [1.165, 1.54) is 5.56 Å². The minimum atomic E-state index is 0.573. The quantitative estimate of drug-likeness (QED) is 0.854. The van der Waals surface area contributed by atoms with Crippen LogP contribution >= 0.6 is 0 Å². The Labute approximate surface area is 103 Å². The molecular weight excluding hydrogens is 210 g/mol. The third-order valence-electron chi connectivity index (χ3n) is 3.05. The van der Waals surface area contributed by atoms with Crippen molar-refractivity contribution in [1.29, 1.82) is 0 Å². The average molecular weight is 229 g/mol. The Morgan fingerprint density at radius 1 is 1.29 bits per heavy atom. The summed E-state index contributed by atoms with van der Waals surface area (Å²) in [6.45, 7) is 3.20. The van der Waals surface area contributed by atoms with Gasteiger partial charge >= 0.3 is 0 Å². The molecule has 2 rings (SSSR count). The summed E-state index contributed by atoms with van der Waals surface area (Å²) in [4.78, 5) is 4.24. The molecule has 1 N–H and O–H groups in total. The van der Waals surface area contributed by atoms with Crippen molar-refractivity contribution in [3.05, 3.63) is 48.3 Å². The summed E-state index contributed by atoms with van der Waals surface area (Å²) in [5.74, 6) is 1.51. The van der Waals surface area contributed by atoms with Crippen LogP contribution in [0.15, 0.2) is 42.7 Å². The summed E-state index contributed by atoms with van der Waals surface area (Å²) >= 11 is 0. The summed E-state index contributed by atoms with van der Waals surface area (Å²) in [5, 5.41) is 3.35. The van der Waals surface area contributed by atoms with Crippen molar-refractivity contribution in [2.75, 3.05) is 11.9 Å². The van der Waals surface area contributed by atoms with Gasteiger partial charge in [0.25, 0.3) is 0 Å². The van der Waals surface area contributed by atoms with E-state index in [4.69, 9.17) is 0 Å². The zero-order valence-corrected chi connectivity index (χ0v) is 10.4. The van der Waals surface area contributed by atoms with Crippen LogP contribution in [0.4, 0.5) is 5.95 Å². The van der Waals surface area contributed by atoms with Crippen molar-refractivity contribution in [2.24, 2.45) is 7.05 Å². The van der Waals surface area contributed by atoms with E-state index in [-0.39, 0.29) is 0 Å². The summed E-state index contributed by atoms with van der Waals surface area (Å²) in [7, 11) is 2.00. The van der Waals surface area contributed by atoms with Gasteiger partial charge < -0.3 is 9.88 Å². The van der Waals surface area contributed by atoms with Crippen molar-refractivity contribution in [3.63, 3.8) is 0 Å². The van der Waals surface area contributed by atoms with E-state index >= 15 is 0 Å². The molecule has 3 nitrogen and oxygen atoms in total. The third kappa shape index (κ3) is 3.09. The third-order valence-corrected chi connectivity index (χ3v) is 3.05. The monoisotopic (exact) mass is 229 g/mol. The van der Waals surface area contributed by atoms with E-state index in [1.807, 2.05) is 24.0 Å². The van der Waals surface area contributed by atoms with Crippen LogP contribution < -0.4 is 5.32 Å². The van der Waals surface area contributed by atoms with E-state index in [0.29, 0.717) is 5.92 Å². The first-order chi connectivity index (χ1) is 8.27. The summed E-state index contributed by atoms with van der Waals surface area (Å²) < 4.78 is 1.99. The van der Waals surface area contributed by atoms with Gasteiger partial charge in [-0.3, -0.25) is 0 Å². The normalized spacial score (nSPS) is 12.4. The fraction of sp³-hybridized carbons (Fsp3) is 0.357. The lowest BCUT2D eigenvalue weighted by Gasteiger charge is -2.12. The van der Waals surface area contributed by atoms with Crippen molar-refractivity contribution in [1.82, 2.24) is 9.55 Å². The highest BCUT2D eigenvalue weighted by Gasteiger charge is 2.05. The minimum Gasteiger partial charge on any atom is -0.356 e. The number of nitrogens with zero attached hydrogens (tertiary/aromatic N) is 2. The van der Waals surface area contributed by atoms with E-state index < -0.39 is 0 Å². The molecule has 1 heterocycles. The highest BCUT2D eigenvalue weighted by Crippen LogP contribution is 2.18. The Kier molecular flexibility index (Phi) is 3.81. The Morgan fingerprint density at radius 2 is 2.06 bits per heavy atom. The maximum absolute atomic E-state index is 4.24. The Morgan fingerprint density at radius 3 is 2.71 bits per heavy atom. The molecule has 0 amide bonds. The lowest BCUT2D eigenvalue weighted by molar-refractivity contribution is 0.700. The second-order valence-electron chi connectivity index (χ2n) is 4.39. The molecule has 3 heteroatoms. The second kappa shape index (κ2) is 5.53. The van der Waals surface area contributed by atoms with Crippen LogP contribution in [0.2, 0.25) is 0 Å². The first kappa shape index (κ1) is 11.7. The Bertz CT molecular complexity index is 448. The first-order valence-corrected chi connectivity index (χ1v) is 6.03. The number of aryl methyl sites for hydroxylation is 1. The van der Waals surface area contributed by atoms with Crippen molar-refractivity contribution >= 4 is 5.95 Å². The number of hydrogen-bond acceptors (Lipinski definition) is 2. The van der Waals surface area contributed by atoms with Gasteiger partial charge in [-0.2, -0.15) is 0 Å². The zero-order valence-electron chi connectivity index (χ0n) is 10.4. The molecule has 1 unspecified atom stereocenters. The SMILES string of the molecule is CC(CCNc1nccn1C)c1ccccc1. The van der Waals surface area contributed by atoms with Gasteiger partial charge in [-0.1, -0.05) is 37.3 Å². The highest BCUT2D eigenvalue weighted by atomic mass is 15.2. The van der Waals surface area contributed by atoms with Crippen LogP contribution in [0.25, 0.3) is 0 Å². The lowest BCUT2D eigenvalue weighted by atomic mass is 9.98. The maximum atomic E-state index is 4.24. The smallest absolute Gasteiger partial charge is 0.202 e. The summed E-state index contributed by atoms with van der Waals surface area (Å²) in [6, 6.07) is 10.6. The van der Waals surface area contributed by atoms with Gasteiger partial charge in [0.1, 0.15) is 0 Å². The molecule has 0 aliphatic carbocycles. The molecule has 0 spiro atoms. The van der Waals surface area contributed by atoms with Gasteiger partial charge in [0.15, 0.2) is 0 Å². The molecular formula is C14H19N3. The predicted molar refractivity (Wildman–Crippen MR) is 71.2 cm³/mol. The van der Waals surface area contributed by atoms with Crippen molar-refractivity contribution < 1.29 is 0 Å². The number of nitrogens with one attached hydrogen (secondary N) is 1. The molecule has 0 fully saturated rings. The second-order valence-corrected chi connectivity index (χ2v) is 4.39.